The average molecular weight is 279 g/mol. The molecule has 0 aliphatic carbocycles. The number of amides is 1. The predicted molar refractivity (Wildman–Crippen MR) is 77.9 cm³/mol. The number of anilines is 2. The molecule has 6 nitrogen and oxygen atoms in total. The summed E-state index contributed by atoms with van der Waals surface area (Å²) >= 11 is 0. The minimum Gasteiger partial charge on any atom is -0.495 e. The summed E-state index contributed by atoms with van der Waals surface area (Å²) < 4.78 is 10.6. The molecule has 1 saturated heterocycles. The van der Waals surface area contributed by atoms with Gasteiger partial charge in [0.2, 0.25) is 5.91 Å². The van der Waals surface area contributed by atoms with Crippen molar-refractivity contribution < 1.29 is 14.3 Å². The number of nitrogen functional groups attached to an aromatic ring is 1. The number of methoxy groups -OCH3 is 1. The summed E-state index contributed by atoms with van der Waals surface area (Å²) in [5, 5.41) is 2.84. The molecule has 0 aromatic heterocycles. The van der Waals surface area contributed by atoms with Crippen molar-refractivity contribution in [2.45, 2.75) is 13.0 Å². The first kappa shape index (κ1) is 14.6. The molecule has 1 atom stereocenters. The van der Waals surface area contributed by atoms with Crippen LogP contribution in [0.4, 0.5) is 11.4 Å². The van der Waals surface area contributed by atoms with Gasteiger partial charge in [-0.3, -0.25) is 9.69 Å². The van der Waals surface area contributed by atoms with E-state index in [0.29, 0.717) is 36.9 Å². The van der Waals surface area contributed by atoms with Crippen LogP contribution >= 0.6 is 0 Å². The van der Waals surface area contributed by atoms with Crippen LogP contribution in [0.5, 0.6) is 5.75 Å². The maximum atomic E-state index is 12.1. The van der Waals surface area contributed by atoms with Crippen LogP contribution in [-0.4, -0.2) is 50.3 Å². The third-order valence-electron chi connectivity index (χ3n) is 3.35. The van der Waals surface area contributed by atoms with Gasteiger partial charge in [0.25, 0.3) is 0 Å². The van der Waals surface area contributed by atoms with Crippen LogP contribution < -0.4 is 15.8 Å². The summed E-state index contributed by atoms with van der Waals surface area (Å²) in [6, 6.07) is 5.41. The van der Waals surface area contributed by atoms with Gasteiger partial charge in [0.1, 0.15) is 5.75 Å². The Morgan fingerprint density at radius 3 is 3.10 bits per heavy atom. The van der Waals surface area contributed by atoms with E-state index in [1.165, 1.54) is 0 Å². The first-order chi connectivity index (χ1) is 9.60. The number of carbonyl (C=O) groups excluding carboxylic acids is 1. The monoisotopic (exact) mass is 279 g/mol. The number of rotatable bonds is 4. The van der Waals surface area contributed by atoms with Crippen molar-refractivity contribution in [3.05, 3.63) is 18.2 Å². The molecule has 6 heteroatoms. The van der Waals surface area contributed by atoms with Crippen molar-refractivity contribution in [2.24, 2.45) is 0 Å². The lowest BCUT2D eigenvalue weighted by molar-refractivity contribution is -0.119. The molecule has 20 heavy (non-hydrogen) atoms. The Labute approximate surface area is 118 Å². The van der Waals surface area contributed by atoms with Crippen molar-refractivity contribution in [2.75, 3.05) is 44.5 Å². The van der Waals surface area contributed by atoms with Crippen LogP contribution in [-0.2, 0) is 9.53 Å². The van der Waals surface area contributed by atoms with Crippen molar-refractivity contribution in [3.63, 3.8) is 0 Å². The highest BCUT2D eigenvalue weighted by atomic mass is 16.5. The van der Waals surface area contributed by atoms with Crippen LogP contribution in [0.3, 0.4) is 0 Å². The molecular weight excluding hydrogens is 258 g/mol. The van der Waals surface area contributed by atoms with Gasteiger partial charge >= 0.3 is 0 Å². The summed E-state index contributed by atoms with van der Waals surface area (Å²) in [7, 11) is 1.56. The first-order valence-electron chi connectivity index (χ1n) is 6.65. The van der Waals surface area contributed by atoms with Crippen LogP contribution in [0, 0.1) is 0 Å². The lowest BCUT2D eigenvalue weighted by Crippen LogP contribution is -2.47. The number of carbonyl (C=O) groups is 1. The molecule has 1 aliphatic rings. The SMILES string of the molecule is COc1ccc(N)cc1NC(=O)CN1CCOCC1C. The molecule has 1 fully saturated rings. The highest BCUT2D eigenvalue weighted by Gasteiger charge is 2.21. The topological polar surface area (TPSA) is 76.8 Å². The van der Waals surface area contributed by atoms with Crippen LogP contribution in [0.1, 0.15) is 6.92 Å². The Balaban J connectivity index is 1.99. The number of ether oxygens (including phenoxy) is 2. The number of hydrogen-bond acceptors (Lipinski definition) is 5. The lowest BCUT2D eigenvalue weighted by atomic mass is 10.2. The van der Waals surface area contributed by atoms with Gasteiger partial charge in [-0.1, -0.05) is 0 Å². The third-order valence-corrected chi connectivity index (χ3v) is 3.35. The van der Waals surface area contributed by atoms with E-state index in [2.05, 4.69) is 10.2 Å². The van der Waals surface area contributed by atoms with Gasteiger partial charge < -0.3 is 20.5 Å². The highest BCUT2D eigenvalue weighted by Crippen LogP contribution is 2.26. The Hall–Kier alpha value is -1.79. The summed E-state index contributed by atoms with van der Waals surface area (Å²) in [5.74, 6) is 0.519. The van der Waals surface area contributed by atoms with E-state index in [1.54, 1.807) is 25.3 Å². The van der Waals surface area contributed by atoms with E-state index in [-0.39, 0.29) is 11.9 Å². The predicted octanol–water partition coefficient (Wildman–Crippen LogP) is 0.937. The largest absolute Gasteiger partial charge is 0.495 e. The molecule has 1 unspecified atom stereocenters. The molecule has 1 aliphatic heterocycles. The summed E-state index contributed by atoms with van der Waals surface area (Å²) in [5.41, 5.74) is 6.91. The van der Waals surface area contributed by atoms with E-state index in [0.717, 1.165) is 6.54 Å². The quantitative estimate of drug-likeness (QED) is 0.802. The Kier molecular flexibility index (Phi) is 4.81. The van der Waals surface area contributed by atoms with Gasteiger partial charge in [-0.05, 0) is 25.1 Å². The van der Waals surface area contributed by atoms with E-state index in [4.69, 9.17) is 15.2 Å². The van der Waals surface area contributed by atoms with Crippen LogP contribution in [0.2, 0.25) is 0 Å². The molecule has 1 heterocycles. The number of nitrogens with one attached hydrogen (secondary N) is 1. The average Bonchev–Trinajstić information content (AvgIpc) is 2.41. The van der Waals surface area contributed by atoms with Crippen molar-refractivity contribution in [3.8, 4) is 5.75 Å². The van der Waals surface area contributed by atoms with Gasteiger partial charge in [-0.25, -0.2) is 0 Å². The Bertz CT molecular complexity index is 479. The van der Waals surface area contributed by atoms with E-state index in [1.807, 2.05) is 6.92 Å². The molecule has 1 amide bonds. The first-order valence-corrected chi connectivity index (χ1v) is 6.65. The van der Waals surface area contributed by atoms with Gasteiger partial charge in [0.05, 0.1) is 32.6 Å². The van der Waals surface area contributed by atoms with E-state index in [9.17, 15) is 4.79 Å². The Morgan fingerprint density at radius 1 is 1.60 bits per heavy atom. The molecule has 0 radical (unpaired) electrons. The second-order valence-electron chi connectivity index (χ2n) is 4.90. The number of morpholine rings is 1. The second-order valence-corrected chi connectivity index (χ2v) is 4.90. The van der Waals surface area contributed by atoms with Crippen molar-refractivity contribution in [1.82, 2.24) is 4.90 Å². The summed E-state index contributed by atoms with van der Waals surface area (Å²) in [6.07, 6.45) is 0. The van der Waals surface area contributed by atoms with E-state index >= 15 is 0 Å². The maximum absolute atomic E-state index is 12.1. The van der Waals surface area contributed by atoms with Gasteiger partial charge in [-0.15, -0.1) is 0 Å². The maximum Gasteiger partial charge on any atom is 0.238 e. The second kappa shape index (κ2) is 6.58. The highest BCUT2D eigenvalue weighted by molar-refractivity contribution is 5.94. The van der Waals surface area contributed by atoms with Crippen molar-refractivity contribution in [1.29, 1.82) is 0 Å². The fraction of sp³-hybridized carbons (Fsp3) is 0.500. The molecule has 0 spiro atoms. The number of benzene rings is 1. The Morgan fingerprint density at radius 2 is 2.40 bits per heavy atom. The molecule has 3 N–H and O–H groups in total. The summed E-state index contributed by atoms with van der Waals surface area (Å²) in [4.78, 5) is 14.2. The number of nitrogens with two attached hydrogens (primary N) is 1. The van der Waals surface area contributed by atoms with Gasteiger partial charge in [0, 0.05) is 18.3 Å². The van der Waals surface area contributed by atoms with Crippen LogP contribution in [0.15, 0.2) is 18.2 Å². The zero-order chi connectivity index (χ0) is 14.5. The normalized spacial score (nSPS) is 19.6. The minimum absolute atomic E-state index is 0.0809. The molecule has 1 aromatic carbocycles. The third kappa shape index (κ3) is 3.61. The van der Waals surface area contributed by atoms with Crippen LogP contribution in [0.25, 0.3) is 0 Å². The molecule has 0 saturated carbocycles. The molecular formula is C14H21N3O3. The standard InChI is InChI=1S/C14H21N3O3/c1-10-9-20-6-5-17(10)8-14(18)16-12-7-11(15)3-4-13(12)19-2/h3-4,7,10H,5-6,8-9,15H2,1-2H3,(H,16,18). The van der Waals surface area contributed by atoms with Gasteiger partial charge in [-0.2, -0.15) is 0 Å². The molecule has 110 valence electrons. The molecule has 0 bridgehead atoms. The molecule has 1 aromatic rings. The smallest absolute Gasteiger partial charge is 0.238 e. The van der Waals surface area contributed by atoms with Gasteiger partial charge in [0.15, 0.2) is 0 Å². The molecule has 2 rings (SSSR count). The fourth-order valence-electron chi connectivity index (χ4n) is 2.19. The van der Waals surface area contributed by atoms with E-state index < -0.39 is 0 Å². The van der Waals surface area contributed by atoms with Crippen molar-refractivity contribution >= 4 is 17.3 Å². The number of nitrogens with zero attached hydrogens (tertiary/aromatic N) is 1. The zero-order valence-corrected chi connectivity index (χ0v) is 11.9. The summed E-state index contributed by atoms with van der Waals surface area (Å²) in [6.45, 7) is 4.48. The lowest BCUT2D eigenvalue weighted by Gasteiger charge is -2.32. The zero-order valence-electron chi connectivity index (χ0n) is 11.9. The minimum atomic E-state index is -0.0809. The number of hydrogen-bond donors (Lipinski definition) is 2. The fourth-order valence-corrected chi connectivity index (χ4v) is 2.19.